The van der Waals surface area contributed by atoms with E-state index in [2.05, 4.69) is 5.32 Å². The number of nitrogens with zero attached hydrogens (tertiary/aromatic N) is 1. The van der Waals surface area contributed by atoms with Crippen LogP contribution in [0.3, 0.4) is 0 Å². The van der Waals surface area contributed by atoms with Crippen LogP contribution in [0.5, 0.6) is 11.5 Å². The number of ketones is 1. The molecule has 0 fully saturated rings. The van der Waals surface area contributed by atoms with Crippen LogP contribution >= 0.6 is 12.4 Å². The van der Waals surface area contributed by atoms with Gasteiger partial charge in [0.1, 0.15) is 17.3 Å². The standard InChI is InChI=1S/C26H31N3O6.ClH/c1-6-34-22-9-15-12-29(24(27)17(15)11-19(22)25(33)28-5)13-20(30)18-10-16(26(2,3)4)7-8-21(18)35-14-23(31)32;/h7-11,27H,6,12-14H2,1-5H3,(H,28,33)(H,31,32);1H. The quantitative estimate of drug-likeness (QED) is 0.433. The van der Waals surface area contributed by atoms with Crippen molar-refractivity contribution in [2.24, 2.45) is 0 Å². The van der Waals surface area contributed by atoms with Gasteiger partial charge in [-0.15, -0.1) is 12.4 Å². The number of ether oxygens (including phenoxy) is 2. The Morgan fingerprint density at radius 3 is 2.36 bits per heavy atom. The van der Waals surface area contributed by atoms with Gasteiger partial charge in [-0.05, 0) is 47.7 Å². The lowest BCUT2D eigenvalue weighted by atomic mass is 9.85. The van der Waals surface area contributed by atoms with Crippen molar-refractivity contribution in [2.75, 3.05) is 26.8 Å². The van der Waals surface area contributed by atoms with E-state index in [1.165, 1.54) is 7.05 Å². The van der Waals surface area contributed by atoms with Crippen molar-refractivity contribution >= 4 is 35.9 Å². The number of carbonyl (C=O) groups excluding carboxylic acids is 2. The molecule has 2 aromatic rings. The molecule has 0 saturated heterocycles. The van der Waals surface area contributed by atoms with Gasteiger partial charge in [0.05, 0.1) is 24.3 Å². The number of carboxylic acids is 1. The number of carbonyl (C=O) groups is 3. The summed E-state index contributed by atoms with van der Waals surface area (Å²) < 4.78 is 11.0. The lowest BCUT2D eigenvalue weighted by molar-refractivity contribution is -0.139. The number of fused-ring (bicyclic) bond motifs is 1. The van der Waals surface area contributed by atoms with Crippen molar-refractivity contribution in [3.63, 3.8) is 0 Å². The number of carboxylic acid groups (broad SMARTS) is 1. The molecule has 1 heterocycles. The van der Waals surface area contributed by atoms with Crippen LogP contribution in [0.1, 0.15) is 65.1 Å². The topological polar surface area (TPSA) is 129 Å². The number of hydrogen-bond donors (Lipinski definition) is 3. The molecule has 10 heteroatoms. The smallest absolute Gasteiger partial charge is 0.341 e. The molecule has 0 aromatic heterocycles. The number of aliphatic carboxylic acids is 1. The van der Waals surface area contributed by atoms with E-state index in [9.17, 15) is 14.4 Å². The molecule has 1 aliphatic rings. The number of amides is 1. The second kappa shape index (κ2) is 11.4. The maximum Gasteiger partial charge on any atom is 0.341 e. The molecule has 9 nitrogen and oxygen atoms in total. The second-order valence-electron chi connectivity index (χ2n) is 9.29. The maximum absolute atomic E-state index is 13.4. The molecule has 2 aromatic carbocycles. The highest BCUT2D eigenvalue weighted by Crippen LogP contribution is 2.32. The number of benzene rings is 2. The third-order valence-electron chi connectivity index (χ3n) is 5.74. The zero-order valence-corrected chi connectivity index (χ0v) is 21.9. The molecule has 0 atom stereocenters. The fourth-order valence-corrected chi connectivity index (χ4v) is 3.89. The highest BCUT2D eigenvalue weighted by atomic mass is 35.5. The summed E-state index contributed by atoms with van der Waals surface area (Å²) in [6.07, 6.45) is 0. The van der Waals surface area contributed by atoms with E-state index in [0.29, 0.717) is 30.0 Å². The van der Waals surface area contributed by atoms with Crippen molar-refractivity contribution < 1.29 is 29.0 Å². The molecule has 0 spiro atoms. The molecule has 1 aliphatic heterocycles. The van der Waals surface area contributed by atoms with Crippen molar-refractivity contribution in [2.45, 2.75) is 39.7 Å². The molecule has 0 unspecified atom stereocenters. The largest absolute Gasteiger partial charge is 0.493 e. The molecule has 1 amide bonds. The lowest BCUT2D eigenvalue weighted by Gasteiger charge is -2.22. The molecule has 3 rings (SSSR count). The second-order valence-corrected chi connectivity index (χ2v) is 9.29. The summed E-state index contributed by atoms with van der Waals surface area (Å²) in [6.45, 7) is 7.88. The van der Waals surface area contributed by atoms with Gasteiger partial charge < -0.3 is 24.8 Å². The number of halogens is 1. The van der Waals surface area contributed by atoms with Crippen LogP contribution in [-0.2, 0) is 16.8 Å². The summed E-state index contributed by atoms with van der Waals surface area (Å²) in [5.74, 6) is -1.02. The van der Waals surface area contributed by atoms with E-state index in [0.717, 1.165) is 11.1 Å². The Kier molecular flexibility index (Phi) is 9.10. The van der Waals surface area contributed by atoms with E-state index in [-0.39, 0.29) is 53.2 Å². The zero-order valence-electron chi connectivity index (χ0n) is 21.1. The Hall–Kier alpha value is -3.59. The van der Waals surface area contributed by atoms with Gasteiger partial charge >= 0.3 is 5.97 Å². The number of nitrogens with one attached hydrogen (secondary N) is 2. The van der Waals surface area contributed by atoms with Gasteiger partial charge in [-0.1, -0.05) is 26.8 Å². The van der Waals surface area contributed by atoms with Gasteiger partial charge in [0.2, 0.25) is 0 Å². The van der Waals surface area contributed by atoms with E-state index < -0.39 is 12.6 Å². The summed E-state index contributed by atoms with van der Waals surface area (Å²) in [5.41, 5.74) is 2.61. The lowest BCUT2D eigenvalue weighted by Crippen LogP contribution is -2.31. The summed E-state index contributed by atoms with van der Waals surface area (Å²) in [4.78, 5) is 38.3. The number of amidine groups is 1. The van der Waals surface area contributed by atoms with E-state index in [4.69, 9.17) is 20.0 Å². The highest BCUT2D eigenvalue weighted by Gasteiger charge is 2.30. The van der Waals surface area contributed by atoms with Crippen LogP contribution in [-0.4, -0.2) is 60.3 Å². The Morgan fingerprint density at radius 2 is 1.78 bits per heavy atom. The average molecular weight is 518 g/mol. The SMILES string of the molecule is CCOc1cc2c(cc1C(=O)NC)C(=N)N(CC(=O)c1cc(C(C)(C)C)ccc1OCC(=O)O)C2.Cl. The molecule has 0 radical (unpaired) electrons. The van der Waals surface area contributed by atoms with Crippen molar-refractivity contribution in [3.8, 4) is 11.5 Å². The van der Waals surface area contributed by atoms with Crippen LogP contribution in [0.25, 0.3) is 0 Å². The minimum absolute atomic E-state index is 0. The first-order valence-electron chi connectivity index (χ1n) is 11.3. The predicted octanol–water partition coefficient (Wildman–Crippen LogP) is 3.65. The Bertz CT molecular complexity index is 1190. The van der Waals surface area contributed by atoms with Gasteiger partial charge in [0, 0.05) is 19.2 Å². The normalized spacial score (nSPS) is 12.5. The van der Waals surface area contributed by atoms with Gasteiger partial charge in [-0.2, -0.15) is 0 Å². The van der Waals surface area contributed by atoms with Crippen LogP contribution < -0.4 is 14.8 Å². The number of Topliss-reactive ketones (excluding diaryl/α,β-unsaturated/α-hetero) is 1. The van der Waals surface area contributed by atoms with Crippen LogP contribution in [0.4, 0.5) is 0 Å². The van der Waals surface area contributed by atoms with Crippen molar-refractivity contribution in [1.29, 1.82) is 5.41 Å². The van der Waals surface area contributed by atoms with Crippen molar-refractivity contribution in [3.05, 3.63) is 58.1 Å². The minimum atomic E-state index is -1.14. The maximum atomic E-state index is 13.4. The third kappa shape index (κ3) is 6.15. The molecule has 36 heavy (non-hydrogen) atoms. The van der Waals surface area contributed by atoms with Crippen LogP contribution in [0.15, 0.2) is 30.3 Å². The number of hydrogen-bond acceptors (Lipinski definition) is 6. The first kappa shape index (κ1) is 28.6. The highest BCUT2D eigenvalue weighted by molar-refractivity contribution is 6.08. The van der Waals surface area contributed by atoms with Gasteiger partial charge in [0.25, 0.3) is 5.91 Å². The summed E-state index contributed by atoms with van der Waals surface area (Å²) >= 11 is 0. The molecular formula is C26H32ClN3O6. The van der Waals surface area contributed by atoms with Gasteiger partial charge in [0.15, 0.2) is 12.4 Å². The fourth-order valence-electron chi connectivity index (χ4n) is 3.89. The van der Waals surface area contributed by atoms with Crippen molar-refractivity contribution in [1.82, 2.24) is 10.2 Å². The fraction of sp³-hybridized carbons (Fsp3) is 0.385. The molecular weight excluding hydrogens is 486 g/mol. The third-order valence-corrected chi connectivity index (χ3v) is 5.74. The van der Waals surface area contributed by atoms with Crippen LogP contribution in [0, 0.1) is 5.41 Å². The average Bonchev–Trinajstić information content (AvgIpc) is 3.10. The Morgan fingerprint density at radius 1 is 1.08 bits per heavy atom. The zero-order chi connectivity index (χ0) is 25.9. The predicted molar refractivity (Wildman–Crippen MR) is 138 cm³/mol. The van der Waals surface area contributed by atoms with Gasteiger partial charge in [-0.3, -0.25) is 15.0 Å². The Balaban J connectivity index is 0.00000456. The molecule has 0 aliphatic carbocycles. The first-order valence-corrected chi connectivity index (χ1v) is 11.3. The molecule has 0 bridgehead atoms. The summed E-state index contributed by atoms with van der Waals surface area (Å²) in [7, 11) is 1.53. The Labute approximate surface area is 216 Å². The van der Waals surface area contributed by atoms with Gasteiger partial charge in [-0.25, -0.2) is 4.79 Å². The summed E-state index contributed by atoms with van der Waals surface area (Å²) in [6, 6.07) is 8.52. The molecule has 3 N–H and O–H groups in total. The van der Waals surface area contributed by atoms with Crippen LogP contribution in [0.2, 0.25) is 0 Å². The monoisotopic (exact) mass is 517 g/mol. The first-order chi connectivity index (χ1) is 16.5. The minimum Gasteiger partial charge on any atom is -0.493 e. The van der Waals surface area contributed by atoms with E-state index >= 15 is 0 Å². The van der Waals surface area contributed by atoms with E-state index in [1.54, 1.807) is 29.2 Å². The molecule has 194 valence electrons. The number of rotatable bonds is 9. The summed E-state index contributed by atoms with van der Waals surface area (Å²) in [5, 5.41) is 20.2. The molecule has 0 saturated carbocycles. The van der Waals surface area contributed by atoms with E-state index in [1.807, 2.05) is 33.8 Å².